The molecule has 3 aliphatic rings. The standard InChI is InChI=1S/C45H58N6O8/c1-7-16-29(3)18-14-15-24-45(25-23-30(4)17-8-2)28-51(45)40(46-35-27-36(50(55)56)31(5)26-33(35)43(51)59-57)39(41(52)47-34-21-12-13-22-37(34)58-6)49-42(53)38(48-44(49)54)32-19-10-9-11-20-32/h9-13,19-22,26-27,29-30,38-39,43H,7-8,14-18,23-25,28H2,1-6H3,(H2-,47,48,52,54,57)/p+1. The number of carbonyl (C=O) groups excluding carboxylic acids is 3. The first-order chi connectivity index (χ1) is 28.4. The summed E-state index contributed by atoms with van der Waals surface area (Å²) >= 11 is 0. The molecule has 0 bridgehead atoms. The monoisotopic (exact) mass is 811 g/mol. The van der Waals surface area contributed by atoms with Gasteiger partial charge in [0.25, 0.3) is 23.7 Å². The number of anilines is 1. The van der Waals surface area contributed by atoms with Crippen LogP contribution in [0.4, 0.5) is 21.9 Å². The average molecular weight is 812 g/mol. The van der Waals surface area contributed by atoms with Crippen LogP contribution in [0.25, 0.3) is 0 Å². The number of unbranched alkanes of at least 4 members (excludes halogenated alkanes) is 1. The topological polar surface area (TPSA) is 173 Å². The van der Waals surface area contributed by atoms with Crippen molar-refractivity contribution in [3.8, 4) is 5.75 Å². The number of fused-ring (bicyclic) bond motifs is 1. The summed E-state index contributed by atoms with van der Waals surface area (Å²) in [7, 11) is 1.47. The molecule has 316 valence electrons. The van der Waals surface area contributed by atoms with Crippen molar-refractivity contribution in [3.05, 3.63) is 93.5 Å². The summed E-state index contributed by atoms with van der Waals surface area (Å²) in [5.41, 5.74) is 0.870. The first kappa shape index (κ1) is 43.4. The van der Waals surface area contributed by atoms with E-state index < -0.39 is 46.6 Å². The molecule has 0 aliphatic carbocycles. The zero-order valence-electron chi connectivity index (χ0n) is 35.1. The number of para-hydroxylation sites is 2. The fourth-order valence-electron chi connectivity index (χ4n) is 9.60. The van der Waals surface area contributed by atoms with Crippen LogP contribution in [0.2, 0.25) is 0 Å². The number of benzene rings is 3. The zero-order chi connectivity index (χ0) is 42.5. The van der Waals surface area contributed by atoms with Gasteiger partial charge in [0.15, 0.2) is 5.54 Å². The van der Waals surface area contributed by atoms with Gasteiger partial charge >= 0.3 is 6.03 Å². The van der Waals surface area contributed by atoms with Crippen LogP contribution >= 0.6 is 0 Å². The van der Waals surface area contributed by atoms with Crippen molar-refractivity contribution < 1.29 is 38.7 Å². The molecule has 59 heavy (non-hydrogen) atoms. The third-order valence-corrected chi connectivity index (χ3v) is 12.7. The molecule has 3 aromatic rings. The van der Waals surface area contributed by atoms with Crippen molar-refractivity contribution >= 4 is 40.7 Å². The molecular formula is C45H59N6O8+. The fraction of sp³-hybridized carbons (Fsp3) is 0.511. The summed E-state index contributed by atoms with van der Waals surface area (Å²) in [6.45, 7) is 10.8. The fourth-order valence-corrected chi connectivity index (χ4v) is 9.60. The molecule has 6 rings (SSSR count). The largest absolute Gasteiger partial charge is 0.495 e. The molecule has 3 aliphatic heterocycles. The van der Waals surface area contributed by atoms with Crippen LogP contribution in [-0.2, 0) is 14.5 Å². The first-order valence-corrected chi connectivity index (χ1v) is 21.0. The van der Waals surface area contributed by atoms with Crippen LogP contribution in [0.5, 0.6) is 5.75 Å². The minimum Gasteiger partial charge on any atom is -0.495 e. The van der Waals surface area contributed by atoms with E-state index in [4.69, 9.17) is 14.6 Å². The minimum absolute atomic E-state index is 0.0850. The third kappa shape index (κ3) is 8.48. The lowest BCUT2D eigenvalue weighted by Gasteiger charge is -2.39. The molecule has 0 saturated carbocycles. The summed E-state index contributed by atoms with van der Waals surface area (Å²) in [4.78, 5) is 67.5. The number of rotatable bonds is 20. The molecule has 3 heterocycles. The Morgan fingerprint density at radius 1 is 1.02 bits per heavy atom. The second-order valence-corrected chi connectivity index (χ2v) is 16.8. The number of hydrogen-bond donors (Lipinski definition) is 3. The van der Waals surface area contributed by atoms with Gasteiger partial charge in [-0.3, -0.25) is 19.7 Å². The van der Waals surface area contributed by atoms with Gasteiger partial charge in [-0.1, -0.05) is 109 Å². The van der Waals surface area contributed by atoms with Gasteiger partial charge in [-0.25, -0.2) is 19.4 Å². The number of amides is 4. The number of hydrogen-bond acceptors (Lipinski definition) is 9. The number of urea groups is 1. The highest BCUT2D eigenvalue weighted by molar-refractivity contribution is 6.19. The normalized spacial score (nSPS) is 23.6. The van der Waals surface area contributed by atoms with E-state index in [0.717, 1.165) is 56.3 Å². The summed E-state index contributed by atoms with van der Waals surface area (Å²) in [5.74, 6) is -0.0438. The Kier molecular flexibility index (Phi) is 13.5. The maximum absolute atomic E-state index is 15.2. The number of aryl methyl sites for hydroxylation is 1. The first-order valence-electron chi connectivity index (χ1n) is 21.0. The summed E-state index contributed by atoms with van der Waals surface area (Å²) in [5, 5.41) is 29.1. The lowest BCUT2D eigenvalue weighted by atomic mass is 9.88. The summed E-state index contributed by atoms with van der Waals surface area (Å²) in [6.07, 6.45) is 8.20. The SMILES string of the molecule is CCCC(C)CCCCC1(CCC(C)CCC)C[N+]12C(C(C(=O)Nc1ccccc1OC)N1C(=O)NC(c3ccccc3)C1=O)=Nc1cc([N+](=O)[O-])c(C)cc1C2OO. The van der Waals surface area contributed by atoms with Gasteiger partial charge in [-0.05, 0) is 55.4 Å². The number of nitrogens with zero attached hydrogens (tertiary/aromatic N) is 4. The zero-order valence-corrected chi connectivity index (χ0v) is 35.1. The quantitative estimate of drug-likeness (QED) is 0.0193. The highest BCUT2D eigenvalue weighted by Gasteiger charge is 2.79. The van der Waals surface area contributed by atoms with Crippen molar-refractivity contribution in [3.63, 3.8) is 0 Å². The van der Waals surface area contributed by atoms with E-state index in [0.29, 0.717) is 59.3 Å². The highest BCUT2D eigenvalue weighted by atomic mass is 17.1. The van der Waals surface area contributed by atoms with Crippen molar-refractivity contribution in [1.82, 2.24) is 10.2 Å². The van der Waals surface area contributed by atoms with E-state index in [-0.39, 0.29) is 21.7 Å². The molecule has 1 spiro atoms. The van der Waals surface area contributed by atoms with E-state index in [1.807, 2.05) is 0 Å². The maximum atomic E-state index is 15.2. The highest BCUT2D eigenvalue weighted by Crippen LogP contribution is 2.62. The molecule has 7 unspecified atom stereocenters. The Morgan fingerprint density at radius 3 is 2.36 bits per heavy atom. The van der Waals surface area contributed by atoms with Gasteiger partial charge in [0.05, 0.1) is 29.0 Å². The number of methoxy groups -OCH3 is 1. The molecule has 14 nitrogen and oxygen atoms in total. The van der Waals surface area contributed by atoms with Crippen molar-refractivity contribution in [2.45, 2.75) is 123 Å². The van der Waals surface area contributed by atoms with E-state index in [9.17, 15) is 25.0 Å². The number of aliphatic imine (C=N–C) groups is 1. The predicted octanol–water partition coefficient (Wildman–Crippen LogP) is 9.53. The van der Waals surface area contributed by atoms with Gasteiger partial charge in [-0.15, -0.1) is 0 Å². The van der Waals surface area contributed by atoms with E-state index in [1.165, 1.54) is 13.2 Å². The number of amidine groups is 1. The van der Waals surface area contributed by atoms with Crippen molar-refractivity contribution in [2.75, 3.05) is 19.0 Å². The smallest absolute Gasteiger partial charge is 0.326 e. The van der Waals surface area contributed by atoms with Crippen LogP contribution < -0.4 is 15.4 Å². The Hall–Kier alpha value is -5.18. The van der Waals surface area contributed by atoms with Crippen LogP contribution in [0.1, 0.15) is 121 Å². The van der Waals surface area contributed by atoms with Gasteiger partial charge in [0.2, 0.25) is 11.9 Å². The van der Waals surface area contributed by atoms with Gasteiger partial charge in [0, 0.05) is 24.5 Å². The van der Waals surface area contributed by atoms with Crippen LogP contribution in [-0.4, -0.2) is 68.5 Å². The molecule has 2 fully saturated rings. The van der Waals surface area contributed by atoms with Crippen molar-refractivity contribution in [2.24, 2.45) is 16.8 Å². The second kappa shape index (κ2) is 18.4. The molecule has 0 aromatic heterocycles. The number of nitrogens with one attached hydrogen (secondary N) is 2. The number of imide groups is 1. The summed E-state index contributed by atoms with van der Waals surface area (Å²) in [6, 6.07) is 14.9. The molecule has 3 N–H and O–H groups in total. The minimum atomic E-state index is -1.67. The number of nitro groups is 1. The lowest BCUT2D eigenvalue weighted by molar-refractivity contribution is -0.825. The number of carbonyl (C=O) groups is 3. The van der Waals surface area contributed by atoms with Crippen LogP contribution in [0, 0.1) is 28.9 Å². The molecule has 4 amide bonds. The van der Waals surface area contributed by atoms with Gasteiger partial charge in [-0.2, -0.15) is 9.88 Å². The van der Waals surface area contributed by atoms with Gasteiger partial charge < -0.3 is 15.4 Å². The number of ether oxygens (including phenoxy) is 1. The molecule has 2 saturated heterocycles. The molecule has 7 atom stereocenters. The van der Waals surface area contributed by atoms with Crippen LogP contribution in [0.3, 0.4) is 0 Å². The van der Waals surface area contributed by atoms with E-state index >= 15 is 4.79 Å². The van der Waals surface area contributed by atoms with E-state index in [2.05, 4.69) is 38.3 Å². The Balaban J connectivity index is 1.56. The molecule has 14 heteroatoms. The Morgan fingerprint density at radius 2 is 1.69 bits per heavy atom. The Bertz CT molecular complexity index is 2060. The Labute approximate surface area is 346 Å². The number of quaternary nitrogens is 1. The average Bonchev–Trinajstić information content (AvgIpc) is 3.76. The predicted molar refractivity (Wildman–Crippen MR) is 225 cm³/mol. The van der Waals surface area contributed by atoms with Crippen LogP contribution in [0.15, 0.2) is 71.7 Å². The molecule has 0 radical (unpaired) electrons. The summed E-state index contributed by atoms with van der Waals surface area (Å²) < 4.78 is 5.41. The number of nitro benzene ring substituents is 1. The molecule has 3 aromatic carbocycles. The third-order valence-electron chi connectivity index (χ3n) is 12.7. The molecular weight excluding hydrogens is 753 g/mol. The van der Waals surface area contributed by atoms with E-state index in [1.54, 1.807) is 67.6 Å². The second-order valence-electron chi connectivity index (χ2n) is 16.8. The maximum Gasteiger partial charge on any atom is 0.326 e. The lowest BCUT2D eigenvalue weighted by Crippen LogP contribution is -2.61. The van der Waals surface area contributed by atoms with Crippen molar-refractivity contribution in [1.29, 1.82) is 0 Å². The van der Waals surface area contributed by atoms with Gasteiger partial charge in [0.1, 0.15) is 18.3 Å².